The van der Waals surface area contributed by atoms with E-state index < -0.39 is 21.5 Å². The van der Waals surface area contributed by atoms with Crippen LogP contribution in [0.3, 0.4) is 0 Å². The van der Waals surface area contributed by atoms with Crippen molar-refractivity contribution in [2.75, 3.05) is 6.54 Å². The maximum Gasteiger partial charge on any atom is 0.511 e. The second kappa shape index (κ2) is 6.43. The van der Waals surface area contributed by atoms with Crippen molar-refractivity contribution in [2.24, 2.45) is 17.8 Å². The predicted molar refractivity (Wildman–Crippen MR) is 76.6 cm³/mol. The minimum atomic E-state index is -5.29. The van der Waals surface area contributed by atoms with Gasteiger partial charge in [0.15, 0.2) is 0 Å². The molecule has 1 N–H and O–H groups in total. The largest absolute Gasteiger partial charge is 0.511 e. The molecule has 0 radical (unpaired) electrons. The summed E-state index contributed by atoms with van der Waals surface area (Å²) in [6, 6.07) is 0. The molecule has 0 aromatic carbocycles. The maximum atomic E-state index is 12.3. The molecule has 132 valence electrons. The molecule has 0 aliphatic heterocycles. The van der Waals surface area contributed by atoms with Gasteiger partial charge in [-0.05, 0) is 50.4 Å². The molecule has 2 aliphatic rings. The van der Waals surface area contributed by atoms with E-state index in [1.54, 1.807) is 11.6 Å². The highest BCUT2D eigenvalue weighted by atomic mass is 32.2. The summed E-state index contributed by atoms with van der Waals surface area (Å²) in [5.41, 5.74) is -4.98. The maximum absolute atomic E-state index is 12.3. The second-order valence-electron chi connectivity index (χ2n) is 6.26. The summed E-state index contributed by atoms with van der Waals surface area (Å²) in [4.78, 5) is 11.6. The number of esters is 1. The molecule has 4 atom stereocenters. The van der Waals surface area contributed by atoms with Gasteiger partial charge in [0, 0.05) is 12.1 Å². The number of alkyl halides is 3. The molecule has 2 aliphatic carbocycles. The average Bonchev–Trinajstić information content (AvgIpc) is 2.94. The molecule has 0 heterocycles. The van der Waals surface area contributed by atoms with Gasteiger partial charge in [0.1, 0.15) is 6.10 Å². The molecule has 2 bridgehead atoms. The van der Waals surface area contributed by atoms with Crippen LogP contribution in [0.15, 0.2) is 12.2 Å². The van der Waals surface area contributed by atoms with E-state index >= 15 is 0 Å². The molecule has 2 fully saturated rings. The van der Waals surface area contributed by atoms with E-state index in [-0.39, 0.29) is 30.4 Å². The molecular weight excluding hydrogens is 335 g/mol. The van der Waals surface area contributed by atoms with Crippen molar-refractivity contribution < 1.29 is 31.1 Å². The molecule has 0 amide bonds. The first kappa shape index (κ1) is 18.3. The van der Waals surface area contributed by atoms with Gasteiger partial charge in [-0.2, -0.15) is 13.2 Å². The third-order valence-electron chi connectivity index (χ3n) is 4.72. The Balaban J connectivity index is 1.88. The van der Waals surface area contributed by atoms with Gasteiger partial charge in [-0.25, -0.2) is 17.9 Å². The fraction of sp³-hybridized carbons (Fsp3) is 0.786. The average molecular weight is 355 g/mol. The highest BCUT2D eigenvalue weighted by Gasteiger charge is 2.50. The van der Waals surface area contributed by atoms with E-state index in [4.69, 9.17) is 4.74 Å². The minimum Gasteiger partial charge on any atom is -0.459 e. The first-order valence-corrected chi connectivity index (χ1v) is 8.93. The molecule has 0 aromatic heterocycles. The smallest absolute Gasteiger partial charge is 0.459 e. The standard InChI is InChI=1S/C14H20F3NO4S/c1-8(2)13(19)22-12-7-9-3-4-11(12)10(9)5-6-18-23(20,21)14(15,16)17/h9-12,18H,1,3-7H2,2H3. The highest BCUT2D eigenvalue weighted by molar-refractivity contribution is 7.90. The monoisotopic (exact) mass is 355 g/mol. The summed E-state index contributed by atoms with van der Waals surface area (Å²) < 4.78 is 65.7. The first-order valence-electron chi connectivity index (χ1n) is 7.45. The van der Waals surface area contributed by atoms with Gasteiger partial charge < -0.3 is 4.74 Å². The zero-order valence-electron chi connectivity index (χ0n) is 12.7. The van der Waals surface area contributed by atoms with Gasteiger partial charge in [0.05, 0.1) is 0 Å². The molecule has 0 aromatic rings. The van der Waals surface area contributed by atoms with Crippen molar-refractivity contribution in [3.05, 3.63) is 12.2 Å². The predicted octanol–water partition coefficient (Wildman–Crippen LogP) is 2.35. The van der Waals surface area contributed by atoms with Crippen LogP contribution in [0, 0.1) is 17.8 Å². The lowest BCUT2D eigenvalue weighted by atomic mass is 9.94. The van der Waals surface area contributed by atoms with Gasteiger partial charge in [-0.1, -0.05) is 6.58 Å². The van der Waals surface area contributed by atoms with Crippen molar-refractivity contribution in [3.63, 3.8) is 0 Å². The lowest BCUT2D eigenvalue weighted by molar-refractivity contribution is -0.146. The van der Waals surface area contributed by atoms with Crippen LogP contribution in [0.1, 0.15) is 32.6 Å². The van der Waals surface area contributed by atoms with Crippen LogP contribution in [0.2, 0.25) is 0 Å². The number of fused-ring (bicyclic) bond motifs is 2. The van der Waals surface area contributed by atoms with E-state index in [2.05, 4.69) is 6.58 Å². The SMILES string of the molecule is C=C(C)C(=O)OC1CC2CCC1C2CCNS(=O)(=O)C(F)(F)F. The summed E-state index contributed by atoms with van der Waals surface area (Å²) in [6.45, 7) is 4.81. The Hall–Kier alpha value is -1.09. The van der Waals surface area contributed by atoms with E-state index in [0.29, 0.717) is 18.4 Å². The van der Waals surface area contributed by atoms with Gasteiger partial charge in [-0.3, -0.25) is 0 Å². The van der Waals surface area contributed by atoms with Crippen LogP contribution in [-0.4, -0.2) is 32.5 Å². The Morgan fingerprint density at radius 2 is 2.00 bits per heavy atom. The summed E-state index contributed by atoms with van der Waals surface area (Å²) in [5.74, 6) is -0.0371. The number of sulfonamides is 1. The van der Waals surface area contributed by atoms with Crippen molar-refractivity contribution in [2.45, 2.75) is 44.2 Å². The number of halogens is 3. The van der Waals surface area contributed by atoms with Crippen LogP contribution in [0.4, 0.5) is 13.2 Å². The first-order chi connectivity index (χ1) is 10.5. The zero-order valence-corrected chi connectivity index (χ0v) is 13.5. The van der Waals surface area contributed by atoms with Gasteiger partial charge in [0.25, 0.3) is 0 Å². The van der Waals surface area contributed by atoms with E-state index in [0.717, 1.165) is 12.8 Å². The number of carbonyl (C=O) groups excluding carboxylic acids is 1. The summed E-state index contributed by atoms with van der Waals surface area (Å²) in [7, 11) is -5.29. The van der Waals surface area contributed by atoms with Gasteiger partial charge in [0.2, 0.25) is 0 Å². The summed E-state index contributed by atoms with van der Waals surface area (Å²) in [6.07, 6.45) is 2.52. The molecule has 0 spiro atoms. The Morgan fingerprint density at radius 3 is 2.57 bits per heavy atom. The van der Waals surface area contributed by atoms with Crippen LogP contribution in [0.5, 0.6) is 0 Å². The molecule has 2 saturated carbocycles. The van der Waals surface area contributed by atoms with Gasteiger partial charge >= 0.3 is 21.5 Å². The normalized spacial score (nSPS) is 30.4. The van der Waals surface area contributed by atoms with Crippen LogP contribution < -0.4 is 4.72 Å². The van der Waals surface area contributed by atoms with E-state index in [1.807, 2.05) is 0 Å². The zero-order chi connectivity index (χ0) is 17.4. The number of carbonyl (C=O) groups is 1. The van der Waals surface area contributed by atoms with Crippen LogP contribution >= 0.6 is 0 Å². The lowest BCUT2D eigenvalue weighted by Gasteiger charge is -2.22. The van der Waals surface area contributed by atoms with Crippen LogP contribution in [-0.2, 0) is 19.6 Å². The Bertz CT molecular complexity index is 587. The Morgan fingerprint density at radius 1 is 1.35 bits per heavy atom. The topological polar surface area (TPSA) is 72.5 Å². The van der Waals surface area contributed by atoms with Crippen molar-refractivity contribution in [1.29, 1.82) is 0 Å². The molecule has 9 heteroatoms. The summed E-state index contributed by atoms with van der Waals surface area (Å²) >= 11 is 0. The second-order valence-corrected chi connectivity index (χ2v) is 8.02. The highest BCUT2D eigenvalue weighted by Crippen LogP contribution is 2.52. The van der Waals surface area contributed by atoms with E-state index in [1.165, 1.54) is 0 Å². The molecule has 5 nitrogen and oxygen atoms in total. The number of nitrogens with one attached hydrogen (secondary N) is 1. The lowest BCUT2D eigenvalue weighted by Crippen LogP contribution is -2.37. The van der Waals surface area contributed by atoms with Gasteiger partial charge in [-0.15, -0.1) is 0 Å². The Kier molecular flexibility index (Phi) is 5.10. The fourth-order valence-electron chi connectivity index (χ4n) is 3.68. The Labute approximate surface area is 133 Å². The van der Waals surface area contributed by atoms with Crippen molar-refractivity contribution in [3.8, 4) is 0 Å². The van der Waals surface area contributed by atoms with Crippen molar-refractivity contribution >= 4 is 16.0 Å². The number of ether oxygens (including phenoxy) is 1. The van der Waals surface area contributed by atoms with Crippen molar-refractivity contribution in [1.82, 2.24) is 4.72 Å². The third kappa shape index (κ3) is 3.88. The molecular formula is C14H20F3NO4S. The molecule has 0 saturated heterocycles. The molecule has 2 rings (SSSR count). The number of hydrogen-bond acceptors (Lipinski definition) is 4. The molecule has 23 heavy (non-hydrogen) atoms. The fourth-order valence-corrected chi connectivity index (χ4v) is 4.23. The van der Waals surface area contributed by atoms with Crippen LogP contribution in [0.25, 0.3) is 0 Å². The number of rotatable bonds is 6. The summed E-state index contributed by atoms with van der Waals surface area (Å²) in [5, 5.41) is 0. The molecule has 4 unspecified atom stereocenters. The minimum absolute atomic E-state index is 0.0776. The quantitative estimate of drug-likeness (QED) is 0.586. The number of hydrogen-bond donors (Lipinski definition) is 1. The van der Waals surface area contributed by atoms with E-state index in [9.17, 15) is 26.4 Å². The third-order valence-corrected chi connectivity index (χ3v) is 5.91.